The minimum atomic E-state index is -4.67. The molecule has 1 amide bonds. The second-order valence-electron chi connectivity index (χ2n) is 6.65. The van der Waals surface area contributed by atoms with Crippen LogP contribution in [0.2, 0.25) is 5.15 Å². The molecule has 1 fully saturated rings. The standard InChI is InChI=1S/C17H20ClFN3O6P/c18-16-7-15(22(21-16)9-11-2-1-3-11)17(23)20-8-12-4-5-13(6-14(12)19)27-10-28-29(24,25)26/h4-7,11H,1-3,8-10H2,(H,20,23)(H2,24,25,26). The van der Waals surface area contributed by atoms with E-state index < -0.39 is 26.3 Å². The number of hydrogen-bond acceptors (Lipinski definition) is 5. The summed E-state index contributed by atoms with van der Waals surface area (Å²) in [5, 5.41) is 7.00. The van der Waals surface area contributed by atoms with Gasteiger partial charge >= 0.3 is 7.82 Å². The number of phosphoric acid groups is 1. The molecule has 0 radical (unpaired) electrons. The molecular formula is C17H20ClFN3O6P. The van der Waals surface area contributed by atoms with Crippen molar-refractivity contribution in [3.63, 3.8) is 0 Å². The highest BCUT2D eigenvalue weighted by atomic mass is 35.5. The minimum absolute atomic E-state index is 0.0244. The highest BCUT2D eigenvalue weighted by Gasteiger charge is 2.22. The van der Waals surface area contributed by atoms with Crippen LogP contribution in [0.5, 0.6) is 5.75 Å². The summed E-state index contributed by atoms with van der Waals surface area (Å²) in [4.78, 5) is 29.6. The number of hydrogen-bond donors (Lipinski definition) is 3. The predicted octanol–water partition coefficient (Wildman–Crippen LogP) is 2.85. The third kappa shape index (κ3) is 6.25. The fourth-order valence-electron chi connectivity index (χ4n) is 2.82. The molecule has 0 bridgehead atoms. The molecule has 1 heterocycles. The van der Waals surface area contributed by atoms with Gasteiger partial charge in [0.1, 0.15) is 17.3 Å². The van der Waals surface area contributed by atoms with E-state index in [-0.39, 0.29) is 23.0 Å². The van der Waals surface area contributed by atoms with Crippen LogP contribution in [0.25, 0.3) is 0 Å². The third-order valence-corrected chi connectivity index (χ3v) is 5.18. The molecule has 158 valence electrons. The second kappa shape index (κ2) is 9.23. The zero-order chi connectivity index (χ0) is 21.0. The Morgan fingerprint density at radius 1 is 1.38 bits per heavy atom. The van der Waals surface area contributed by atoms with Crippen LogP contribution >= 0.6 is 19.4 Å². The third-order valence-electron chi connectivity index (χ3n) is 4.55. The first-order valence-electron chi connectivity index (χ1n) is 8.84. The Kier molecular flexibility index (Phi) is 6.92. The van der Waals surface area contributed by atoms with Gasteiger partial charge in [-0.2, -0.15) is 5.10 Å². The SMILES string of the molecule is O=C(NCc1ccc(OCOP(=O)(O)O)cc1F)c1cc(Cl)nn1CC1CCC1. The number of aromatic nitrogens is 2. The number of phosphoric ester groups is 1. The monoisotopic (exact) mass is 447 g/mol. The number of nitrogens with one attached hydrogen (secondary N) is 1. The Hall–Kier alpha value is -1.97. The minimum Gasteiger partial charge on any atom is -0.467 e. The van der Waals surface area contributed by atoms with Crippen LogP contribution in [0.1, 0.15) is 35.3 Å². The van der Waals surface area contributed by atoms with E-state index in [1.165, 1.54) is 24.6 Å². The number of nitrogens with zero attached hydrogens (tertiary/aromatic N) is 2. The summed E-state index contributed by atoms with van der Waals surface area (Å²) < 4.78 is 35.4. The lowest BCUT2D eigenvalue weighted by Gasteiger charge is -2.25. The molecule has 0 saturated heterocycles. The average Bonchev–Trinajstić information content (AvgIpc) is 2.97. The van der Waals surface area contributed by atoms with E-state index >= 15 is 0 Å². The van der Waals surface area contributed by atoms with Gasteiger partial charge in [-0.25, -0.2) is 13.5 Å². The summed E-state index contributed by atoms with van der Waals surface area (Å²) >= 11 is 5.94. The molecule has 0 aliphatic heterocycles. The molecule has 1 aliphatic carbocycles. The highest BCUT2D eigenvalue weighted by molar-refractivity contribution is 7.46. The van der Waals surface area contributed by atoms with Crippen LogP contribution in [-0.2, 0) is 22.2 Å². The summed E-state index contributed by atoms with van der Waals surface area (Å²) in [7, 11) is -4.67. The normalized spacial score (nSPS) is 14.5. The Labute approximate surface area is 171 Å². The van der Waals surface area contributed by atoms with E-state index in [4.69, 9.17) is 26.1 Å². The van der Waals surface area contributed by atoms with Crippen molar-refractivity contribution < 1.29 is 32.8 Å². The lowest BCUT2D eigenvalue weighted by molar-refractivity contribution is 0.0826. The predicted molar refractivity (Wildman–Crippen MR) is 101 cm³/mol. The van der Waals surface area contributed by atoms with Gasteiger partial charge in [-0.05, 0) is 24.8 Å². The van der Waals surface area contributed by atoms with Crippen molar-refractivity contribution in [1.29, 1.82) is 0 Å². The van der Waals surface area contributed by atoms with Crippen LogP contribution in [0.4, 0.5) is 4.39 Å². The van der Waals surface area contributed by atoms with Crippen LogP contribution in [0, 0.1) is 11.7 Å². The molecule has 1 saturated carbocycles. The molecule has 2 aromatic rings. The van der Waals surface area contributed by atoms with Gasteiger partial charge in [0.25, 0.3) is 5.91 Å². The first-order valence-corrected chi connectivity index (χ1v) is 10.7. The lowest BCUT2D eigenvalue weighted by Crippen LogP contribution is -2.28. The number of halogens is 2. The van der Waals surface area contributed by atoms with Crippen molar-refractivity contribution in [2.24, 2.45) is 5.92 Å². The molecule has 0 unspecified atom stereocenters. The second-order valence-corrected chi connectivity index (χ2v) is 8.28. The lowest BCUT2D eigenvalue weighted by atomic mass is 9.85. The molecule has 3 rings (SSSR count). The van der Waals surface area contributed by atoms with E-state index in [0.29, 0.717) is 18.2 Å². The highest BCUT2D eigenvalue weighted by Crippen LogP contribution is 2.35. The van der Waals surface area contributed by atoms with E-state index in [0.717, 1.165) is 18.9 Å². The van der Waals surface area contributed by atoms with Crippen molar-refractivity contribution in [1.82, 2.24) is 15.1 Å². The van der Waals surface area contributed by atoms with Crippen LogP contribution in [-0.4, -0.2) is 32.3 Å². The van der Waals surface area contributed by atoms with Gasteiger partial charge in [0.15, 0.2) is 11.9 Å². The Balaban J connectivity index is 1.57. The van der Waals surface area contributed by atoms with E-state index in [2.05, 4.69) is 14.9 Å². The van der Waals surface area contributed by atoms with Crippen molar-refractivity contribution in [3.05, 3.63) is 46.5 Å². The number of carbonyl (C=O) groups is 1. The molecule has 9 nitrogen and oxygen atoms in total. The van der Waals surface area contributed by atoms with Crippen molar-refractivity contribution in [3.8, 4) is 5.75 Å². The fraction of sp³-hybridized carbons (Fsp3) is 0.412. The van der Waals surface area contributed by atoms with Crippen LogP contribution in [0.15, 0.2) is 24.3 Å². The van der Waals surface area contributed by atoms with Crippen molar-refractivity contribution >= 4 is 25.3 Å². The number of amides is 1. The van der Waals surface area contributed by atoms with E-state index in [1.807, 2.05) is 0 Å². The molecule has 12 heteroatoms. The molecule has 1 aliphatic rings. The fourth-order valence-corrected chi connectivity index (χ4v) is 3.20. The number of benzene rings is 1. The average molecular weight is 448 g/mol. The number of ether oxygens (including phenoxy) is 1. The number of rotatable bonds is 9. The van der Waals surface area contributed by atoms with E-state index in [9.17, 15) is 13.8 Å². The Morgan fingerprint density at radius 3 is 2.76 bits per heavy atom. The molecule has 1 aromatic heterocycles. The van der Waals surface area contributed by atoms with Gasteiger partial charge in [0.2, 0.25) is 0 Å². The first-order chi connectivity index (χ1) is 13.7. The molecule has 29 heavy (non-hydrogen) atoms. The van der Waals surface area contributed by atoms with Crippen molar-refractivity contribution in [2.75, 3.05) is 6.79 Å². The maximum Gasteiger partial charge on any atom is 0.472 e. The van der Waals surface area contributed by atoms with Gasteiger partial charge < -0.3 is 19.8 Å². The Morgan fingerprint density at radius 2 is 2.14 bits per heavy atom. The summed E-state index contributed by atoms with van der Waals surface area (Å²) in [6.07, 6.45) is 3.36. The van der Waals surface area contributed by atoms with Gasteiger partial charge in [0.05, 0.1) is 0 Å². The summed E-state index contributed by atoms with van der Waals surface area (Å²) in [5.41, 5.74) is 0.523. The van der Waals surface area contributed by atoms with Gasteiger partial charge in [-0.1, -0.05) is 24.1 Å². The maximum atomic E-state index is 14.2. The summed E-state index contributed by atoms with van der Waals surface area (Å²) in [5.74, 6) is -0.563. The van der Waals surface area contributed by atoms with Gasteiger partial charge in [-0.15, -0.1) is 0 Å². The van der Waals surface area contributed by atoms with Gasteiger partial charge in [-0.3, -0.25) is 9.48 Å². The van der Waals surface area contributed by atoms with Crippen LogP contribution < -0.4 is 10.1 Å². The topological polar surface area (TPSA) is 123 Å². The smallest absolute Gasteiger partial charge is 0.467 e. The molecule has 0 atom stereocenters. The zero-order valence-corrected chi connectivity index (χ0v) is 16.9. The van der Waals surface area contributed by atoms with Gasteiger partial charge in [0, 0.05) is 30.8 Å². The molecule has 1 aromatic carbocycles. The van der Waals surface area contributed by atoms with Crippen LogP contribution in [0.3, 0.4) is 0 Å². The molecular weight excluding hydrogens is 428 g/mol. The zero-order valence-electron chi connectivity index (χ0n) is 15.3. The van der Waals surface area contributed by atoms with Crippen molar-refractivity contribution in [2.45, 2.75) is 32.4 Å². The number of carbonyl (C=O) groups excluding carboxylic acids is 1. The summed E-state index contributed by atoms with van der Waals surface area (Å²) in [6.45, 7) is -0.186. The maximum absolute atomic E-state index is 14.2. The largest absolute Gasteiger partial charge is 0.472 e. The Bertz CT molecular complexity index is 930. The first kappa shape index (κ1) is 21.7. The molecule has 0 spiro atoms. The quantitative estimate of drug-likeness (QED) is 0.399. The molecule has 3 N–H and O–H groups in total. The van der Waals surface area contributed by atoms with E-state index in [1.54, 1.807) is 4.68 Å². The summed E-state index contributed by atoms with van der Waals surface area (Å²) in [6, 6.07) is 5.29.